The van der Waals surface area contributed by atoms with E-state index in [1.54, 1.807) is 0 Å². The molecule has 1 aliphatic rings. The summed E-state index contributed by atoms with van der Waals surface area (Å²) in [6, 6.07) is 0. The molecule has 0 bridgehead atoms. The van der Waals surface area contributed by atoms with Gasteiger partial charge in [0, 0.05) is 0 Å². The summed E-state index contributed by atoms with van der Waals surface area (Å²) in [6.07, 6.45) is 0. The van der Waals surface area contributed by atoms with Crippen LogP contribution in [0.4, 0.5) is 0 Å². The van der Waals surface area contributed by atoms with Crippen LogP contribution in [0.3, 0.4) is 0 Å². The highest BCUT2D eigenvalue weighted by molar-refractivity contribution is 4.32. The predicted molar refractivity (Wildman–Crippen MR) is 17.1 cm³/mol. The van der Waals surface area contributed by atoms with Crippen molar-refractivity contribution < 1.29 is 4.84 Å². The van der Waals surface area contributed by atoms with Gasteiger partial charge in [-0.2, -0.15) is 5.48 Å². The minimum absolute atomic E-state index is 0.639. The molecule has 0 saturated carbocycles. The van der Waals surface area contributed by atoms with Crippen LogP contribution >= 0.6 is 0 Å². The molecule has 0 aliphatic carbocycles. The lowest BCUT2D eigenvalue weighted by Crippen LogP contribution is -2.10. The minimum Gasteiger partial charge on any atom is -0.285 e. The summed E-state index contributed by atoms with van der Waals surface area (Å²) >= 11 is 0. The molecule has 30 valence electrons. The van der Waals surface area contributed by atoms with E-state index in [0.717, 1.165) is 6.67 Å². The molecule has 3 nitrogen and oxygen atoms in total. The first-order valence-corrected chi connectivity index (χ1v) is 1.55. The Balaban J connectivity index is 2.08. The first kappa shape index (κ1) is 3.08. The molecular weight excluding hydrogens is 68.0 g/mol. The van der Waals surface area contributed by atoms with Crippen molar-refractivity contribution in [1.82, 2.24) is 10.8 Å². The molecule has 3 heteroatoms. The van der Waals surface area contributed by atoms with Gasteiger partial charge < -0.3 is 0 Å². The normalized spacial score (nSPS) is 24.0. The van der Waals surface area contributed by atoms with E-state index in [0.29, 0.717) is 6.73 Å². The monoisotopic (exact) mass is 74.0 g/mol. The van der Waals surface area contributed by atoms with Crippen molar-refractivity contribution in [3.63, 3.8) is 0 Å². The number of nitrogens with one attached hydrogen (secondary N) is 2. The zero-order valence-electron chi connectivity index (χ0n) is 2.82. The van der Waals surface area contributed by atoms with Crippen molar-refractivity contribution >= 4 is 0 Å². The molecule has 1 heterocycles. The van der Waals surface area contributed by atoms with E-state index in [4.69, 9.17) is 0 Å². The third-order valence-corrected chi connectivity index (χ3v) is 0.473. The van der Waals surface area contributed by atoms with E-state index in [9.17, 15) is 0 Å². The van der Waals surface area contributed by atoms with E-state index in [1.807, 2.05) is 0 Å². The second kappa shape index (κ2) is 1.35. The van der Waals surface area contributed by atoms with Crippen molar-refractivity contribution in [3.05, 3.63) is 0 Å². The maximum absolute atomic E-state index is 4.58. The molecule has 0 aromatic rings. The Hall–Kier alpha value is -0.120. The summed E-state index contributed by atoms with van der Waals surface area (Å²) in [5.41, 5.74) is 2.61. The summed E-state index contributed by atoms with van der Waals surface area (Å²) < 4.78 is 0. The molecule has 2 N–H and O–H groups in total. The second-order valence-electron chi connectivity index (χ2n) is 0.860. The first-order valence-electron chi connectivity index (χ1n) is 1.55. The second-order valence-corrected chi connectivity index (χ2v) is 0.860. The Kier molecular flexibility index (Phi) is 0.834. The largest absolute Gasteiger partial charge is 0.285 e. The highest BCUT2D eigenvalue weighted by Gasteiger charge is 1.90. The fourth-order valence-corrected chi connectivity index (χ4v) is 0.255. The Bertz CT molecular complexity index is 19.2. The van der Waals surface area contributed by atoms with Crippen molar-refractivity contribution in [1.29, 1.82) is 0 Å². The van der Waals surface area contributed by atoms with Gasteiger partial charge in [0.1, 0.15) is 6.73 Å². The van der Waals surface area contributed by atoms with Crippen molar-refractivity contribution in [3.8, 4) is 0 Å². The molecule has 1 aliphatic heterocycles. The topological polar surface area (TPSA) is 33.3 Å². The van der Waals surface area contributed by atoms with Crippen LogP contribution in [0.2, 0.25) is 0 Å². The molecule has 1 saturated heterocycles. The summed E-state index contributed by atoms with van der Waals surface area (Å²) in [7, 11) is 0. The number of hydrogen-bond acceptors (Lipinski definition) is 3. The van der Waals surface area contributed by atoms with Crippen LogP contribution in [-0.4, -0.2) is 13.4 Å². The van der Waals surface area contributed by atoms with Crippen LogP contribution in [-0.2, 0) is 4.84 Å². The van der Waals surface area contributed by atoms with E-state index in [1.165, 1.54) is 0 Å². The van der Waals surface area contributed by atoms with Crippen molar-refractivity contribution in [2.75, 3.05) is 13.4 Å². The Morgan fingerprint density at radius 1 is 1.60 bits per heavy atom. The van der Waals surface area contributed by atoms with E-state index < -0.39 is 0 Å². The molecule has 0 aromatic carbocycles. The predicted octanol–water partition coefficient (Wildman–Crippen LogP) is -0.974. The van der Waals surface area contributed by atoms with Crippen molar-refractivity contribution in [2.24, 2.45) is 0 Å². The maximum Gasteiger partial charge on any atom is 0.119 e. The van der Waals surface area contributed by atoms with Crippen molar-refractivity contribution in [2.45, 2.75) is 0 Å². The quantitative estimate of drug-likeness (QED) is 0.387. The van der Waals surface area contributed by atoms with Gasteiger partial charge >= 0.3 is 0 Å². The van der Waals surface area contributed by atoms with Gasteiger partial charge in [-0.05, 0) is 0 Å². The summed E-state index contributed by atoms with van der Waals surface area (Å²) in [6.45, 7) is 1.42. The standard InChI is InChI=1S/C2H6N2O/c1-3-2-5-4-1/h3-4H,1-2H2. The van der Waals surface area contributed by atoms with Gasteiger partial charge in [-0.1, -0.05) is 0 Å². The lowest BCUT2D eigenvalue weighted by atomic mass is 11.1. The Morgan fingerprint density at radius 2 is 2.60 bits per heavy atom. The molecule has 0 radical (unpaired) electrons. The van der Waals surface area contributed by atoms with E-state index >= 15 is 0 Å². The van der Waals surface area contributed by atoms with Crippen LogP contribution in [0.1, 0.15) is 0 Å². The van der Waals surface area contributed by atoms with Gasteiger partial charge in [0.15, 0.2) is 0 Å². The van der Waals surface area contributed by atoms with Gasteiger partial charge in [0.25, 0.3) is 0 Å². The summed E-state index contributed by atoms with van der Waals surface area (Å²) in [5.74, 6) is 0. The van der Waals surface area contributed by atoms with Crippen LogP contribution < -0.4 is 10.8 Å². The molecule has 0 amide bonds. The number of hydrogen-bond donors (Lipinski definition) is 2. The highest BCUT2D eigenvalue weighted by Crippen LogP contribution is 1.65. The van der Waals surface area contributed by atoms with E-state index in [-0.39, 0.29) is 0 Å². The summed E-state index contributed by atoms with van der Waals surface area (Å²) in [4.78, 5) is 4.58. The van der Waals surface area contributed by atoms with Crippen LogP contribution in [0, 0.1) is 0 Å². The van der Waals surface area contributed by atoms with Gasteiger partial charge in [-0.15, -0.1) is 0 Å². The average molecular weight is 74.1 g/mol. The molecule has 0 spiro atoms. The molecule has 0 atom stereocenters. The molecule has 1 rings (SSSR count). The summed E-state index contributed by atoms with van der Waals surface area (Å²) in [5, 5.41) is 2.89. The van der Waals surface area contributed by atoms with Gasteiger partial charge in [0.05, 0.1) is 6.67 Å². The smallest absolute Gasteiger partial charge is 0.119 e. The zero-order chi connectivity index (χ0) is 3.54. The zero-order valence-corrected chi connectivity index (χ0v) is 2.82. The molecule has 5 heavy (non-hydrogen) atoms. The number of rotatable bonds is 0. The minimum atomic E-state index is 0.639. The fourth-order valence-electron chi connectivity index (χ4n) is 0.255. The molecular formula is C2H6N2O. The average Bonchev–Trinajstić information content (AvgIpc) is 1.76. The van der Waals surface area contributed by atoms with E-state index in [2.05, 4.69) is 15.6 Å². The molecule has 1 fully saturated rings. The highest BCUT2D eigenvalue weighted by atomic mass is 16.7. The van der Waals surface area contributed by atoms with Gasteiger partial charge in [-0.25, -0.2) is 0 Å². The number of hydroxylamine groups is 1. The lowest BCUT2D eigenvalue weighted by molar-refractivity contribution is 0.0999. The van der Waals surface area contributed by atoms with Crippen LogP contribution in [0.25, 0.3) is 0 Å². The lowest BCUT2D eigenvalue weighted by Gasteiger charge is -1.77. The Labute approximate surface area is 30.3 Å². The molecule has 0 aromatic heterocycles. The van der Waals surface area contributed by atoms with Gasteiger partial charge in [-0.3, -0.25) is 10.2 Å². The van der Waals surface area contributed by atoms with Crippen LogP contribution in [0.5, 0.6) is 0 Å². The molecule has 0 unspecified atom stereocenters. The van der Waals surface area contributed by atoms with Crippen LogP contribution in [0.15, 0.2) is 0 Å². The fraction of sp³-hybridized carbons (Fsp3) is 1.00. The third-order valence-electron chi connectivity index (χ3n) is 0.473. The SMILES string of the molecule is C1NCON1. The first-order chi connectivity index (χ1) is 2.50. The maximum atomic E-state index is 4.58. The third kappa shape index (κ3) is 0.576. The van der Waals surface area contributed by atoms with Gasteiger partial charge in [0.2, 0.25) is 0 Å². The Morgan fingerprint density at radius 3 is 2.80 bits per heavy atom.